The third kappa shape index (κ3) is 3.52. The van der Waals surface area contributed by atoms with Crippen LogP contribution in [-0.2, 0) is 11.9 Å². The molecule has 0 N–H and O–H groups in total. The number of aromatic nitrogens is 1. The van der Waals surface area contributed by atoms with Crippen molar-refractivity contribution in [2.75, 3.05) is 0 Å². The van der Waals surface area contributed by atoms with Gasteiger partial charge >= 0.3 is 0 Å². The third-order valence-electron chi connectivity index (χ3n) is 2.52. The maximum Gasteiger partial charge on any atom is 0.138 e. The molecular formula is C14H10BrFN2O. The van der Waals surface area contributed by atoms with Crippen LogP contribution in [0.1, 0.15) is 16.8 Å². The van der Waals surface area contributed by atoms with Crippen LogP contribution in [0.15, 0.2) is 36.5 Å². The molecule has 96 valence electrons. The second kappa shape index (κ2) is 6.30. The third-order valence-corrected chi connectivity index (χ3v) is 3.09. The Hall–Kier alpha value is -1.93. The highest BCUT2D eigenvalue weighted by Crippen LogP contribution is 2.16. The number of rotatable bonds is 4. The van der Waals surface area contributed by atoms with Crippen molar-refractivity contribution < 1.29 is 9.13 Å². The standard InChI is InChI=1S/C14H10BrFN2O/c15-6-13-3-4-14(8-18-13)19-9-11-5-12(16)2-1-10(11)7-17/h1-5,8H,6,9H2. The van der Waals surface area contributed by atoms with Crippen LogP contribution in [0.5, 0.6) is 5.75 Å². The molecule has 0 aliphatic heterocycles. The normalized spacial score (nSPS) is 9.95. The van der Waals surface area contributed by atoms with Gasteiger partial charge in [0.15, 0.2) is 0 Å². The zero-order valence-electron chi connectivity index (χ0n) is 9.94. The van der Waals surface area contributed by atoms with Gasteiger partial charge in [-0.25, -0.2) is 4.39 Å². The van der Waals surface area contributed by atoms with E-state index in [9.17, 15) is 4.39 Å². The van der Waals surface area contributed by atoms with Crippen molar-refractivity contribution in [2.24, 2.45) is 0 Å². The van der Waals surface area contributed by atoms with Crippen molar-refractivity contribution in [1.29, 1.82) is 5.26 Å². The lowest BCUT2D eigenvalue weighted by molar-refractivity contribution is 0.304. The molecule has 0 bridgehead atoms. The Morgan fingerprint density at radius 3 is 2.79 bits per heavy atom. The summed E-state index contributed by atoms with van der Waals surface area (Å²) in [5, 5.41) is 9.61. The van der Waals surface area contributed by atoms with Crippen molar-refractivity contribution in [3.8, 4) is 11.8 Å². The van der Waals surface area contributed by atoms with Gasteiger partial charge < -0.3 is 4.74 Å². The monoisotopic (exact) mass is 320 g/mol. The van der Waals surface area contributed by atoms with Gasteiger partial charge in [-0.05, 0) is 30.3 Å². The second-order valence-corrected chi connectivity index (χ2v) is 4.38. The van der Waals surface area contributed by atoms with Gasteiger partial charge in [-0.2, -0.15) is 5.26 Å². The average Bonchev–Trinajstić information content (AvgIpc) is 2.46. The molecule has 0 atom stereocenters. The molecule has 0 saturated carbocycles. The minimum absolute atomic E-state index is 0.135. The molecule has 0 fully saturated rings. The molecular weight excluding hydrogens is 311 g/mol. The van der Waals surface area contributed by atoms with Gasteiger partial charge in [0.05, 0.1) is 23.5 Å². The summed E-state index contributed by atoms with van der Waals surface area (Å²) in [6.45, 7) is 0.135. The molecule has 1 aromatic heterocycles. The Morgan fingerprint density at radius 1 is 1.32 bits per heavy atom. The fraction of sp³-hybridized carbons (Fsp3) is 0.143. The van der Waals surface area contributed by atoms with E-state index >= 15 is 0 Å². The van der Waals surface area contributed by atoms with E-state index in [0.717, 1.165) is 5.69 Å². The fourth-order valence-corrected chi connectivity index (χ4v) is 1.86. The molecule has 1 heterocycles. The minimum atomic E-state index is -0.384. The van der Waals surface area contributed by atoms with Crippen molar-refractivity contribution in [2.45, 2.75) is 11.9 Å². The molecule has 2 rings (SSSR count). The molecule has 0 radical (unpaired) electrons. The summed E-state index contributed by atoms with van der Waals surface area (Å²) in [6, 6.07) is 9.64. The van der Waals surface area contributed by atoms with Gasteiger partial charge in [-0.3, -0.25) is 4.98 Å². The van der Waals surface area contributed by atoms with Gasteiger partial charge in [0, 0.05) is 10.9 Å². The van der Waals surface area contributed by atoms with Crippen LogP contribution in [0.2, 0.25) is 0 Å². The van der Waals surface area contributed by atoms with Crippen molar-refractivity contribution in [1.82, 2.24) is 4.98 Å². The highest BCUT2D eigenvalue weighted by atomic mass is 79.9. The van der Waals surface area contributed by atoms with Crippen molar-refractivity contribution in [3.63, 3.8) is 0 Å². The zero-order valence-corrected chi connectivity index (χ0v) is 11.5. The Labute approximate surface area is 118 Å². The molecule has 0 amide bonds. The van der Waals surface area contributed by atoms with Gasteiger partial charge in [0.1, 0.15) is 18.2 Å². The van der Waals surface area contributed by atoms with Crippen LogP contribution in [0.25, 0.3) is 0 Å². The Morgan fingerprint density at radius 2 is 2.16 bits per heavy atom. The smallest absolute Gasteiger partial charge is 0.138 e. The molecule has 0 saturated heterocycles. The number of ether oxygens (including phenoxy) is 1. The molecule has 19 heavy (non-hydrogen) atoms. The Kier molecular flexibility index (Phi) is 4.48. The number of hydrogen-bond acceptors (Lipinski definition) is 3. The number of pyridine rings is 1. The maximum atomic E-state index is 13.1. The van der Waals surface area contributed by atoms with Crippen LogP contribution in [0.3, 0.4) is 0 Å². The van der Waals surface area contributed by atoms with Gasteiger partial charge in [0.25, 0.3) is 0 Å². The summed E-state index contributed by atoms with van der Waals surface area (Å²) >= 11 is 3.30. The number of hydrogen-bond donors (Lipinski definition) is 0. The first kappa shape index (κ1) is 13.5. The van der Waals surface area contributed by atoms with E-state index in [1.165, 1.54) is 18.2 Å². The lowest BCUT2D eigenvalue weighted by Gasteiger charge is -2.07. The summed E-state index contributed by atoms with van der Waals surface area (Å²) in [5.41, 5.74) is 1.83. The lowest BCUT2D eigenvalue weighted by atomic mass is 10.1. The fourth-order valence-electron chi connectivity index (χ4n) is 1.53. The van der Waals surface area contributed by atoms with Crippen LogP contribution in [0, 0.1) is 17.1 Å². The number of nitrogens with zero attached hydrogens (tertiary/aromatic N) is 2. The summed E-state index contributed by atoms with van der Waals surface area (Å²) in [5.74, 6) is 0.197. The Balaban J connectivity index is 2.09. The molecule has 1 aromatic carbocycles. The molecule has 0 spiro atoms. The first-order valence-corrected chi connectivity index (χ1v) is 6.67. The van der Waals surface area contributed by atoms with Gasteiger partial charge in [0.2, 0.25) is 0 Å². The molecule has 2 aromatic rings. The number of halogens is 2. The second-order valence-electron chi connectivity index (χ2n) is 3.82. The SMILES string of the molecule is N#Cc1ccc(F)cc1COc1ccc(CBr)nc1. The number of nitriles is 1. The predicted octanol–water partition coefficient (Wildman–Crippen LogP) is 3.57. The van der Waals surface area contributed by atoms with E-state index in [4.69, 9.17) is 10.00 Å². The number of alkyl halides is 1. The van der Waals surface area contributed by atoms with E-state index in [0.29, 0.717) is 22.2 Å². The van der Waals surface area contributed by atoms with Crippen LogP contribution in [-0.4, -0.2) is 4.98 Å². The highest BCUT2D eigenvalue weighted by Gasteiger charge is 2.05. The van der Waals surface area contributed by atoms with Crippen LogP contribution >= 0.6 is 15.9 Å². The largest absolute Gasteiger partial charge is 0.487 e. The Bertz CT molecular complexity index is 608. The summed E-state index contributed by atoms with van der Waals surface area (Å²) in [6.07, 6.45) is 1.60. The molecule has 3 nitrogen and oxygen atoms in total. The summed E-state index contributed by atoms with van der Waals surface area (Å²) in [4.78, 5) is 4.16. The van der Waals surface area contributed by atoms with Crippen LogP contribution < -0.4 is 4.74 Å². The van der Waals surface area contributed by atoms with E-state index in [-0.39, 0.29) is 12.4 Å². The summed E-state index contributed by atoms with van der Waals surface area (Å²) < 4.78 is 18.6. The lowest BCUT2D eigenvalue weighted by Crippen LogP contribution is -1.99. The first-order chi connectivity index (χ1) is 9.22. The van der Waals surface area contributed by atoms with Crippen molar-refractivity contribution in [3.05, 3.63) is 59.2 Å². The quantitative estimate of drug-likeness (QED) is 0.809. The summed E-state index contributed by atoms with van der Waals surface area (Å²) in [7, 11) is 0. The average molecular weight is 321 g/mol. The molecule has 5 heteroatoms. The van der Waals surface area contributed by atoms with Crippen LogP contribution in [0.4, 0.5) is 4.39 Å². The molecule has 0 aliphatic carbocycles. The topological polar surface area (TPSA) is 45.9 Å². The highest BCUT2D eigenvalue weighted by molar-refractivity contribution is 9.08. The minimum Gasteiger partial charge on any atom is -0.487 e. The number of benzene rings is 1. The first-order valence-electron chi connectivity index (χ1n) is 5.55. The van der Waals surface area contributed by atoms with E-state index in [2.05, 4.69) is 20.9 Å². The van der Waals surface area contributed by atoms with E-state index < -0.39 is 0 Å². The zero-order chi connectivity index (χ0) is 13.7. The van der Waals surface area contributed by atoms with E-state index in [1.54, 1.807) is 12.3 Å². The van der Waals surface area contributed by atoms with E-state index in [1.807, 2.05) is 12.1 Å². The maximum absolute atomic E-state index is 13.1. The van der Waals surface area contributed by atoms with Gasteiger partial charge in [-0.1, -0.05) is 15.9 Å². The van der Waals surface area contributed by atoms with Crippen molar-refractivity contribution >= 4 is 15.9 Å². The predicted molar refractivity (Wildman–Crippen MR) is 72.3 cm³/mol. The molecule has 0 unspecified atom stereocenters. The van der Waals surface area contributed by atoms with Gasteiger partial charge in [-0.15, -0.1) is 0 Å². The molecule has 0 aliphatic rings.